The number of ether oxygens (including phenoxy) is 4. The molecule has 0 aliphatic rings. The highest BCUT2D eigenvalue weighted by Gasteiger charge is 2.13. The largest absolute Gasteiger partial charge is 0.494 e. The topological polar surface area (TPSA) is 95.5 Å². The van der Waals surface area contributed by atoms with E-state index >= 15 is 0 Å². The first-order valence-corrected chi connectivity index (χ1v) is 11.6. The summed E-state index contributed by atoms with van der Waals surface area (Å²) < 4.78 is 22.7. The molecule has 0 radical (unpaired) electrons. The lowest BCUT2D eigenvalue weighted by Gasteiger charge is -2.10. The Balaban J connectivity index is 1.54. The second-order valence-electron chi connectivity index (χ2n) is 7.21. The monoisotopic (exact) mass is 540 g/mol. The van der Waals surface area contributed by atoms with Gasteiger partial charge in [0, 0.05) is 4.47 Å². The van der Waals surface area contributed by atoms with Crippen LogP contribution in [0.3, 0.4) is 0 Å². The molecule has 0 saturated heterocycles. The van der Waals surface area contributed by atoms with E-state index in [9.17, 15) is 9.59 Å². The summed E-state index contributed by atoms with van der Waals surface area (Å²) in [6, 6.07) is 18.8. The third kappa shape index (κ3) is 8.15. The number of carbonyl (C=O) groups excluding carboxylic acids is 2. The van der Waals surface area contributed by atoms with E-state index in [4.69, 9.17) is 18.9 Å². The first-order chi connectivity index (χ1) is 17.0. The number of halogens is 1. The smallest absolute Gasteiger partial charge is 0.343 e. The maximum Gasteiger partial charge on any atom is 0.343 e. The van der Waals surface area contributed by atoms with Crippen LogP contribution >= 0.6 is 15.9 Å². The number of hydrogen-bond donors (Lipinski definition) is 1. The minimum Gasteiger partial charge on any atom is -0.494 e. The molecule has 3 rings (SSSR count). The highest BCUT2D eigenvalue weighted by molar-refractivity contribution is 9.10. The van der Waals surface area contributed by atoms with Crippen molar-refractivity contribution in [3.05, 3.63) is 82.3 Å². The SMILES string of the molecule is CCCOc1ccc(C(=O)Oc2ccc(/C=N\NC(=O)COc3ccc(Br)cc3)cc2OC)cc1. The number of hydrogen-bond acceptors (Lipinski definition) is 7. The molecule has 0 bridgehead atoms. The molecule has 3 aromatic carbocycles. The summed E-state index contributed by atoms with van der Waals surface area (Å²) in [5.41, 5.74) is 3.41. The van der Waals surface area contributed by atoms with E-state index < -0.39 is 11.9 Å². The molecule has 3 aromatic rings. The molecule has 0 unspecified atom stereocenters. The van der Waals surface area contributed by atoms with Gasteiger partial charge in [-0.15, -0.1) is 0 Å². The van der Waals surface area contributed by atoms with E-state index in [0.29, 0.717) is 35.0 Å². The Labute approximate surface area is 212 Å². The van der Waals surface area contributed by atoms with Crippen LogP contribution in [-0.2, 0) is 4.79 Å². The summed E-state index contributed by atoms with van der Waals surface area (Å²) in [5.74, 6) is 0.931. The van der Waals surface area contributed by atoms with Gasteiger partial charge in [-0.2, -0.15) is 5.10 Å². The molecule has 9 heteroatoms. The Kier molecular flexibility index (Phi) is 9.68. The second-order valence-corrected chi connectivity index (χ2v) is 8.12. The van der Waals surface area contributed by atoms with Crippen molar-refractivity contribution in [2.24, 2.45) is 5.10 Å². The lowest BCUT2D eigenvalue weighted by Crippen LogP contribution is -2.24. The van der Waals surface area contributed by atoms with Gasteiger partial charge in [0.05, 0.1) is 25.5 Å². The van der Waals surface area contributed by atoms with Crippen LogP contribution in [0.1, 0.15) is 29.3 Å². The van der Waals surface area contributed by atoms with Crippen LogP contribution in [0.15, 0.2) is 76.3 Å². The molecule has 0 heterocycles. The summed E-state index contributed by atoms with van der Waals surface area (Å²) in [6.07, 6.45) is 2.35. The summed E-state index contributed by atoms with van der Waals surface area (Å²) in [7, 11) is 1.47. The molecule has 1 N–H and O–H groups in total. The van der Waals surface area contributed by atoms with Gasteiger partial charge in [0.15, 0.2) is 18.1 Å². The lowest BCUT2D eigenvalue weighted by molar-refractivity contribution is -0.123. The van der Waals surface area contributed by atoms with Gasteiger partial charge in [-0.3, -0.25) is 4.79 Å². The predicted octanol–water partition coefficient (Wildman–Crippen LogP) is 4.99. The average Bonchev–Trinajstić information content (AvgIpc) is 2.88. The van der Waals surface area contributed by atoms with Gasteiger partial charge in [-0.1, -0.05) is 22.9 Å². The number of amides is 1. The number of methoxy groups -OCH3 is 1. The van der Waals surface area contributed by atoms with Gasteiger partial charge in [-0.05, 0) is 78.7 Å². The van der Waals surface area contributed by atoms with Crippen molar-refractivity contribution >= 4 is 34.0 Å². The molecule has 0 atom stereocenters. The normalized spacial score (nSPS) is 10.6. The van der Waals surface area contributed by atoms with E-state index in [0.717, 1.165) is 10.9 Å². The summed E-state index contributed by atoms with van der Waals surface area (Å²) in [4.78, 5) is 24.4. The fourth-order valence-corrected chi connectivity index (χ4v) is 3.07. The molecule has 1 amide bonds. The van der Waals surface area contributed by atoms with Crippen LogP contribution in [-0.4, -0.2) is 38.4 Å². The minimum absolute atomic E-state index is 0.178. The van der Waals surface area contributed by atoms with E-state index in [-0.39, 0.29) is 12.4 Å². The first-order valence-electron chi connectivity index (χ1n) is 10.8. The number of rotatable bonds is 11. The van der Waals surface area contributed by atoms with Crippen LogP contribution in [0, 0.1) is 0 Å². The number of esters is 1. The zero-order valence-electron chi connectivity index (χ0n) is 19.3. The van der Waals surface area contributed by atoms with Crippen LogP contribution in [0.5, 0.6) is 23.0 Å². The predicted molar refractivity (Wildman–Crippen MR) is 136 cm³/mol. The molecule has 0 aliphatic heterocycles. The van der Waals surface area contributed by atoms with Crippen molar-refractivity contribution in [1.82, 2.24) is 5.43 Å². The Bertz CT molecular complexity index is 1160. The number of hydrazone groups is 1. The standard InChI is InChI=1S/C26H25BrN2O6/c1-3-14-33-21-9-5-19(6-10-21)26(31)35-23-13-4-18(15-24(23)32-2)16-28-29-25(30)17-34-22-11-7-20(27)8-12-22/h4-13,15-16H,3,14,17H2,1-2H3,(H,29,30)/b28-16-. The molecule has 0 aromatic heterocycles. The molecule has 0 fully saturated rings. The van der Waals surface area contributed by atoms with E-state index in [1.165, 1.54) is 13.3 Å². The fraction of sp³-hybridized carbons (Fsp3) is 0.192. The summed E-state index contributed by atoms with van der Waals surface area (Å²) in [5, 5.41) is 3.92. The van der Waals surface area contributed by atoms with Gasteiger partial charge in [-0.25, -0.2) is 10.2 Å². The van der Waals surface area contributed by atoms with Gasteiger partial charge in [0.2, 0.25) is 0 Å². The third-order valence-electron chi connectivity index (χ3n) is 4.54. The molecule has 0 aliphatic carbocycles. The lowest BCUT2D eigenvalue weighted by atomic mass is 10.2. The number of nitrogens with zero attached hydrogens (tertiary/aromatic N) is 1. The van der Waals surface area contributed by atoms with E-state index in [1.54, 1.807) is 54.6 Å². The van der Waals surface area contributed by atoms with Crippen LogP contribution in [0.2, 0.25) is 0 Å². The van der Waals surface area contributed by atoms with Gasteiger partial charge in [0.25, 0.3) is 5.91 Å². The van der Waals surface area contributed by atoms with E-state index in [2.05, 4.69) is 26.5 Å². The number of carbonyl (C=O) groups is 2. The minimum atomic E-state index is -0.523. The van der Waals surface area contributed by atoms with Crippen molar-refractivity contribution in [1.29, 1.82) is 0 Å². The van der Waals surface area contributed by atoms with Crippen molar-refractivity contribution < 1.29 is 28.5 Å². The second kappa shape index (κ2) is 13.1. The number of benzene rings is 3. The molecule has 0 spiro atoms. The molecule has 8 nitrogen and oxygen atoms in total. The maximum absolute atomic E-state index is 12.5. The first kappa shape index (κ1) is 25.8. The Morgan fingerprint density at radius 1 is 0.943 bits per heavy atom. The van der Waals surface area contributed by atoms with Crippen molar-refractivity contribution in [2.75, 3.05) is 20.3 Å². The zero-order chi connectivity index (χ0) is 25.0. The van der Waals surface area contributed by atoms with Crippen LogP contribution < -0.4 is 24.4 Å². The van der Waals surface area contributed by atoms with Crippen LogP contribution in [0.4, 0.5) is 0 Å². The van der Waals surface area contributed by atoms with Gasteiger partial charge >= 0.3 is 5.97 Å². The molecular formula is C26H25BrN2O6. The Hall–Kier alpha value is -3.85. The third-order valence-corrected chi connectivity index (χ3v) is 5.07. The quantitative estimate of drug-likeness (QED) is 0.159. The molecule has 35 heavy (non-hydrogen) atoms. The van der Waals surface area contributed by atoms with Gasteiger partial charge < -0.3 is 18.9 Å². The molecule has 182 valence electrons. The maximum atomic E-state index is 12.5. The Morgan fingerprint density at radius 2 is 1.63 bits per heavy atom. The Morgan fingerprint density at radius 3 is 2.31 bits per heavy atom. The van der Waals surface area contributed by atoms with Crippen molar-refractivity contribution in [3.8, 4) is 23.0 Å². The summed E-state index contributed by atoms with van der Waals surface area (Å²) >= 11 is 3.34. The fourth-order valence-electron chi connectivity index (χ4n) is 2.81. The zero-order valence-corrected chi connectivity index (χ0v) is 20.9. The van der Waals surface area contributed by atoms with Gasteiger partial charge in [0.1, 0.15) is 11.5 Å². The van der Waals surface area contributed by atoms with E-state index in [1.807, 2.05) is 19.1 Å². The number of nitrogens with one attached hydrogen (secondary N) is 1. The highest BCUT2D eigenvalue weighted by atomic mass is 79.9. The highest BCUT2D eigenvalue weighted by Crippen LogP contribution is 2.28. The van der Waals surface area contributed by atoms with Crippen molar-refractivity contribution in [3.63, 3.8) is 0 Å². The average molecular weight is 541 g/mol. The summed E-state index contributed by atoms with van der Waals surface area (Å²) in [6.45, 7) is 2.46. The van der Waals surface area contributed by atoms with Crippen LogP contribution in [0.25, 0.3) is 0 Å². The molecular weight excluding hydrogens is 516 g/mol. The van der Waals surface area contributed by atoms with Crippen molar-refractivity contribution in [2.45, 2.75) is 13.3 Å². The molecule has 0 saturated carbocycles.